The van der Waals surface area contributed by atoms with Crippen molar-refractivity contribution in [3.05, 3.63) is 40.0 Å². The first-order valence-corrected chi connectivity index (χ1v) is 7.61. The molecular formula is C15H18Cl2N4. The predicted molar refractivity (Wildman–Crippen MR) is 90.1 cm³/mol. The van der Waals surface area contributed by atoms with E-state index in [0.29, 0.717) is 21.8 Å². The molecule has 0 saturated carbocycles. The van der Waals surface area contributed by atoms with Crippen LogP contribution in [0, 0.1) is 6.92 Å². The Kier molecular flexibility index (Phi) is 5.26. The fourth-order valence-electron chi connectivity index (χ4n) is 2.00. The summed E-state index contributed by atoms with van der Waals surface area (Å²) < 4.78 is 0. The number of nitrogens with one attached hydrogen (secondary N) is 1. The second-order valence-corrected chi connectivity index (χ2v) is 5.46. The Morgan fingerprint density at radius 2 is 1.81 bits per heavy atom. The van der Waals surface area contributed by atoms with E-state index in [2.05, 4.69) is 34.0 Å². The van der Waals surface area contributed by atoms with E-state index < -0.39 is 0 Å². The Hall–Kier alpha value is -1.52. The van der Waals surface area contributed by atoms with Crippen molar-refractivity contribution < 1.29 is 0 Å². The summed E-state index contributed by atoms with van der Waals surface area (Å²) in [7, 11) is 0. The highest BCUT2D eigenvalue weighted by Gasteiger charge is 2.09. The molecule has 0 radical (unpaired) electrons. The molecule has 0 aliphatic rings. The number of benzene rings is 1. The molecule has 0 fully saturated rings. The molecule has 4 nitrogen and oxygen atoms in total. The molecule has 112 valence electrons. The second kappa shape index (κ2) is 6.96. The van der Waals surface area contributed by atoms with Crippen LogP contribution in [0.2, 0.25) is 10.0 Å². The van der Waals surface area contributed by atoms with E-state index in [0.717, 1.165) is 24.5 Å². The van der Waals surface area contributed by atoms with E-state index in [-0.39, 0.29) is 0 Å². The summed E-state index contributed by atoms with van der Waals surface area (Å²) in [6.07, 6.45) is 0. The highest BCUT2D eigenvalue weighted by Crippen LogP contribution is 2.28. The molecule has 2 aromatic rings. The first-order valence-electron chi connectivity index (χ1n) is 6.86. The maximum absolute atomic E-state index is 6.17. The lowest BCUT2D eigenvalue weighted by Gasteiger charge is -2.20. The molecule has 2 rings (SSSR count). The van der Waals surface area contributed by atoms with E-state index in [1.54, 1.807) is 18.2 Å². The van der Waals surface area contributed by atoms with Crippen molar-refractivity contribution in [1.82, 2.24) is 9.97 Å². The number of aromatic nitrogens is 2. The van der Waals surface area contributed by atoms with Crippen LogP contribution in [0.15, 0.2) is 24.3 Å². The molecule has 1 N–H and O–H groups in total. The molecule has 0 spiro atoms. The fourth-order valence-corrected chi connectivity index (χ4v) is 2.33. The van der Waals surface area contributed by atoms with Gasteiger partial charge in [0.1, 0.15) is 5.82 Å². The molecule has 21 heavy (non-hydrogen) atoms. The Morgan fingerprint density at radius 3 is 2.48 bits per heavy atom. The summed E-state index contributed by atoms with van der Waals surface area (Å²) in [5.41, 5.74) is 1.63. The number of anilines is 3. The molecule has 1 heterocycles. The first kappa shape index (κ1) is 15.9. The van der Waals surface area contributed by atoms with Crippen LogP contribution in [0.4, 0.5) is 17.5 Å². The Morgan fingerprint density at radius 1 is 1.10 bits per heavy atom. The van der Waals surface area contributed by atoms with Crippen LogP contribution in [0.25, 0.3) is 0 Å². The zero-order valence-corrected chi connectivity index (χ0v) is 13.8. The van der Waals surface area contributed by atoms with Crippen LogP contribution in [-0.4, -0.2) is 23.1 Å². The van der Waals surface area contributed by atoms with Gasteiger partial charge in [0.15, 0.2) is 0 Å². The number of aryl methyl sites for hydroxylation is 1. The van der Waals surface area contributed by atoms with E-state index >= 15 is 0 Å². The number of nitrogens with zero attached hydrogens (tertiary/aromatic N) is 3. The van der Waals surface area contributed by atoms with Gasteiger partial charge < -0.3 is 10.2 Å². The lowest BCUT2D eigenvalue weighted by molar-refractivity contribution is 0.817. The zero-order valence-electron chi connectivity index (χ0n) is 12.3. The summed E-state index contributed by atoms with van der Waals surface area (Å²) in [6, 6.07) is 7.16. The van der Waals surface area contributed by atoms with Gasteiger partial charge in [0.2, 0.25) is 5.95 Å². The smallest absolute Gasteiger partial charge is 0.227 e. The van der Waals surface area contributed by atoms with Crippen LogP contribution in [-0.2, 0) is 0 Å². The van der Waals surface area contributed by atoms with Crippen LogP contribution >= 0.6 is 23.2 Å². The topological polar surface area (TPSA) is 41.1 Å². The SMILES string of the molecule is CCN(CC)c1nc(C)cc(Nc2cc(Cl)ccc2Cl)n1. The average molecular weight is 325 g/mol. The molecule has 1 aromatic carbocycles. The molecular weight excluding hydrogens is 307 g/mol. The Labute approximate surface area is 135 Å². The highest BCUT2D eigenvalue weighted by molar-refractivity contribution is 6.35. The van der Waals surface area contributed by atoms with E-state index in [4.69, 9.17) is 23.2 Å². The quantitative estimate of drug-likeness (QED) is 0.866. The normalized spacial score (nSPS) is 10.5. The van der Waals surface area contributed by atoms with Gasteiger partial charge in [-0.2, -0.15) is 4.98 Å². The summed E-state index contributed by atoms with van der Waals surface area (Å²) in [4.78, 5) is 11.1. The Bertz CT molecular complexity index is 627. The molecule has 0 unspecified atom stereocenters. The molecule has 0 bridgehead atoms. The predicted octanol–water partition coefficient (Wildman–Crippen LogP) is 4.68. The lowest BCUT2D eigenvalue weighted by atomic mass is 10.3. The Balaban J connectivity index is 2.34. The largest absolute Gasteiger partial charge is 0.341 e. The molecule has 0 aliphatic carbocycles. The minimum Gasteiger partial charge on any atom is -0.341 e. The summed E-state index contributed by atoms with van der Waals surface area (Å²) >= 11 is 12.2. The van der Waals surface area contributed by atoms with Crippen molar-refractivity contribution >= 4 is 40.7 Å². The number of rotatable bonds is 5. The number of hydrogen-bond acceptors (Lipinski definition) is 4. The van der Waals surface area contributed by atoms with Crippen molar-refractivity contribution in [3.63, 3.8) is 0 Å². The zero-order chi connectivity index (χ0) is 15.4. The first-order chi connectivity index (χ1) is 10.0. The van der Waals surface area contributed by atoms with Crippen LogP contribution in [0.1, 0.15) is 19.5 Å². The average Bonchev–Trinajstić information content (AvgIpc) is 2.44. The van der Waals surface area contributed by atoms with Gasteiger partial charge in [-0.1, -0.05) is 23.2 Å². The maximum Gasteiger partial charge on any atom is 0.227 e. The van der Waals surface area contributed by atoms with Crippen molar-refractivity contribution in [2.24, 2.45) is 0 Å². The van der Waals surface area contributed by atoms with Crippen LogP contribution < -0.4 is 10.2 Å². The highest BCUT2D eigenvalue weighted by atomic mass is 35.5. The molecule has 0 saturated heterocycles. The summed E-state index contributed by atoms with van der Waals surface area (Å²) in [5.74, 6) is 1.41. The van der Waals surface area contributed by atoms with Gasteiger partial charge in [0, 0.05) is 29.9 Å². The third-order valence-electron chi connectivity index (χ3n) is 3.08. The number of halogens is 2. The lowest BCUT2D eigenvalue weighted by Crippen LogP contribution is -2.24. The van der Waals surface area contributed by atoms with E-state index in [9.17, 15) is 0 Å². The molecule has 6 heteroatoms. The van der Waals surface area contributed by atoms with Gasteiger partial charge in [-0.05, 0) is 39.0 Å². The molecule has 0 amide bonds. The molecule has 0 aliphatic heterocycles. The van der Waals surface area contributed by atoms with Gasteiger partial charge in [-0.15, -0.1) is 0 Å². The molecule has 0 atom stereocenters. The third kappa shape index (κ3) is 3.99. The van der Waals surface area contributed by atoms with Crippen molar-refractivity contribution in [2.45, 2.75) is 20.8 Å². The van der Waals surface area contributed by atoms with E-state index in [1.807, 2.05) is 13.0 Å². The second-order valence-electron chi connectivity index (χ2n) is 4.62. The van der Waals surface area contributed by atoms with Gasteiger partial charge in [-0.3, -0.25) is 0 Å². The fraction of sp³-hybridized carbons (Fsp3) is 0.333. The van der Waals surface area contributed by atoms with Gasteiger partial charge in [-0.25, -0.2) is 4.98 Å². The van der Waals surface area contributed by atoms with Crippen LogP contribution in [0.3, 0.4) is 0 Å². The van der Waals surface area contributed by atoms with E-state index in [1.165, 1.54) is 0 Å². The number of hydrogen-bond donors (Lipinski definition) is 1. The summed E-state index contributed by atoms with van der Waals surface area (Å²) in [6.45, 7) is 7.82. The van der Waals surface area contributed by atoms with Gasteiger partial charge in [0.25, 0.3) is 0 Å². The molecule has 1 aromatic heterocycles. The summed E-state index contributed by atoms with van der Waals surface area (Å²) in [5, 5.41) is 4.42. The van der Waals surface area contributed by atoms with Crippen molar-refractivity contribution in [1.29, 1.82) is 0 Å². The third-order valence-corrected chi connectivity index (χ3v) is 3.64. The van der Waals surface area contributed by atoms with Gasteiger partial charge in [0.05, 0.1) is 10.7 Å². The van der Waals surface area contributed by atoms with Crippen LogP contribution in [0.5, 0.6) is 0 Å². The monoisotopic (exact) mass is 324 g/mol. The minimum absolute atomic E-state index is 0.597. The maximum atomic E-state index is 6.17. The van der Waals surface area contributed by atoms with Crippen molar-refractivity contribution in [3.8, 4) is 0 Å². The minimum atomic E-state index is 0.597. The van der Waals surface area contributed by atoms with Gasteiger partial charge >= 0.3 is 0 Å². The van der Waals surface area contributed by atoms with Crippen molar-refractivity contribution in [2.75, 3.05) is 23.3 Å². The standard InChI is InChI=1S/C15H18Cl2N4/c1-4-21(5-2)15-18-10(3)8-14(20-15)19-13-9-11(16)6-7-12(13)17/h6-9H,4-5H2,1-3H3,(H,18,19,20).